The quantitative estimate of drug-likeness (QED) is 0.801. The van der Waals surface area contributed by atoms with E-state index in [0.29, 0.717) is 35.2 Å². The molecule has 1 aliphatic heterocycles. The molecule has 0 radical (unpaired) electrons. The molecule has 0 saturated carbocycles. The van der Waals surface area contributed by atoms with Gasteiger partial charge in [-0.05, 0) is 43.4 Å². The average Bonchev–Trinajstić information content (AvgIpc) is 2.91. The number of hydrogen-bond donors (Lipinski definition) is 1. The van der Waals surface area contributed by atoms with Gasteiger partial charge < -0.3 is 10.5 Å². The molecule has 0 bridgehead atoms. The SMILES string of the molecule is CCOC(=O)c1sc2ccc(S(=O)(=O)N3C[C@H](C)C[C@H](C)C3)cc2c1N. The summed E-state index contributed by atoms with van der Waals surface area (Å²) in [6.45, 7) is 7.19. The number of benzene rings is 1. The van der Waals surface area contributed by atoms with Gasteiger partial charge in [0.25, 0.3) is 0 Å². The molecule has 0 amide bonds. The number of thiophene rings is 1. The number of fused-ring (bicyclic) bond motifs is 1. The number of sulfonamides is 1. The highest BCUT2D eigenvalue weighted by Crippen LogP contribution is 2.36. The minimum atomic E-state index is -3.59. The molecule has 1 aromatic heterocycles. The van der Waals surface area contributed by atoms with Crippen LogP contribution < -0.4 is 5.73 Å². The molecule has 2 heterocycles. The maximum atomic E-state index is 13.1. The van der Waals surface area contributed by atoms with Crippen molar-refractivity contribution in [2.75, 3.05) is 25.4 Å². The minimum Gasteiger partial charge on any atom is -0.462 e. The van der Waals surface area contributed by atoms with Gasteiger partial charge in [0.2, 0.25) is 10.0 Å². The van der Waals surface area contributed by atoms with Gasteiger partial charge in [0.15, 0.2) is 0 Å². The van der Waals surface area contributed by atoms with Crippen LogP contribution in [-0.2, 0) is 14.8 Å². The van der Waals surface area contributed by atoms with Crippen LogP contribution in [0.15, 0.2) is 23.1 Å². The minimum absolute atomic E-state index is 0.214. The van der Waals surface area contributed by atoms with Crippen LogP contribution in [0.3, 0.4) is 0 Å². The van der Waals surface area contributed by atoms with Crippen LogP contribution in [0.25, 0.3) is 10.1 Å². The lowest BCUT2D eigenvalue weighted by Gasteiger charge is -2.34. The van der Waals surface area contributed by atoms with E-state index in [-0.39, 0.29) is 17.2 Å². The Bertz CT molecular complexity index is 926. The first-order chi connectivity index (χ1) is 12.2. The molecule has 8 heteroatoms. The molecular weight excluding hydrogens is 372 g/mol. The number of anilines is 1. The maximum absolute atomic E-state index is 13.1. The third-order valence-corrected chi connectivity index (χ3v) is 7.63. The maximum Gasteiger partial charge on any atom is 0.350 e. The third-order valence-electron chi connectivity index (χ3n) is 4.63. The number of carbonyl (C=O) groups is 1. The van der Waals surface area contributed by atoms with Gasteiger partial charge in [-0.25, -0.2) is 13.2 Å². The predicted octanol–water partition coefficient (Wildman–Crippen LogP) is 3.33. The summed E-state index contributed by atoms with van der Waals surface area (Å²) < 4.78 is 33.5. The fourth-order valence-electron chi connectivity index (χ4n) is 3.56. The molecular formula is C18H24N2O4S2. The molecule has 2 aromatic rings. The molecule has 2 N–H and O–H groups in total. The lowest BCUT2D eigenvalue weighted by Crippen LogP contribution is -2.42. The summed E-state index contributed by atoms with van der Waals surface area (Å²) in [6.07, 6.45) is 1.03. The van der Waals surface area contributed by atoms with Crippen LogP contribution in [0, 0.1) is 11.8 Å². The molecule has 1 aromatic carbocycles. The number of esters is 1. The van der Waals surface area contributed by atoms with E-state index < -0.39 is 16.0 Å². The second kappa shape index (κ2) is 7.17. The first kappa shape index (κ1) is 19.1. The Labute approximate surface area is 158 Å². The molecule has 142 valence electrons. The van der Waals surface area contributed by atoms with Crippen LogP contribution in [0.2, 0.25) is 0 Å². The number of carbonyl (C=O) groups excluding carboxylic acids is 1. The van der Waals surface area contributed by atoms with Crippen LogP contribution in [0.4, 0.5) is 5.69 Å². The van der Waals surface area contributed by atoms with Gasteiger partial charge in [-0.2, -0.15) is 4.31 Å². The number of piperidine rings is 1. The van der Waals surface area contributed by atoms with Crippen molar-refractivity contribution in [1.29, 1.82) is 0 Å². The number of hydrogen-bond acceptors (Lipinski definition) is 6. The molecule has 0 aliphatic carbocycles. The smallest absolute Gasteiger partial charge is 0.350 e. The summed E-state index contributed by atoms with van der Waals surface area (Å²) in [4.78, 5) is 12.5. The third kappa shape index (κ3) is 3.45. The standard InChI is InChI=1S/C18H24N2O4S2/c1-4-24-18(21)17-16(19)14-8-13(5-6-15(14)25-17)26(22,23)20-9-11(2)7-12(3)10-20/h5-6,8,11-12H,4,7,9-10,19H2,1-3H3/t11-,12+. The number of ether oxygens (including phenoxy) is 1. The van der Waals surface area contributed by atoms with Crippen LogP contribution in [0.1, 0.15) is 36.9 Å². The first-order valence-corrected chi connectivity index (χ1v) is 11.0. The van der Waals surface area contributed by atoms with Crippen molar-refractivity contribution in [1.82, 2.24) is 4.31 Å². The van der Waals surface area contributed by atoms with Gasteiger partial charge in [-0.3, -0.25) is 0 Å². The number of nitrogens with zero attached hydrogens (tertiary/aromatic N) is 1. The Hall–Kier alpha value is -1.64. The van der Waals surface area contributed by atoms with E-state index in [1.165, 1.54) is 11.3 Å². The first-order valence-electron chi connectivity index (χ1n) is 8.73. The summed E-state index contributed by atoms with van der Waals surface area (Å²) in [6, 6.07) is 4.87. The summed E-state index contributed by atoms with van der Waals surface area (Å²) in [5.41, 5.74) is 6.38. The van der Waals surface area contributed by atoms with Crippen molar-refractivity contribution in [2.24, 2.45) is 11.8 Å². The van der Waals surface area contributed by atoms with Crippen molar-refractivity contribution >= 4 is 43.1 Å². The Morgan fingerprint density at radius 1 is 1.31 bits per heavy atom. The van der Waals surface area contributed by atoms with E-state index in [9.17, 15) is 13.2 Å². The summed E-state index contributed by atoms with van der Waals surface area (Å²) >= 11 is 1.22. The summed E-state index contributed by atoms with van der Waals surface area (Å²) in [7, 11) is -3.59. The lowest BCUT2D eigenvalue weighted by molar-refractivity contribution is 0.0533. The zero-order valence-electron chi connectivity index (χ0n) is 15.2. The normalized spacial score (nSPS) is 21.8. The molecule has 2 atom stereocenters. The number of nitrogen functional groups attached to an aromatic ring is 1. The monoisotopic (exact) mass is 396 g/mol. The Kier molecular flexibility index (Phi) is 5.28. The van der Waals surface area contributed by atoms with Gasteiger partial charge in [0.1, 0.15) is 4.88 Å². The average molecular weight is 397 g/mol. The molecule has 1 aliphatic rings. The Morgan fingerprint density at radius 3 is 2.58 bits per heavy atom. The van der Waals surface area contributed by atoms with Gasteiger partial charge in [0, 0.05) is 23.2 Å². The fourth-order valence-corrected chi connectivity index (χ4v) is 6.26. The van der Waals surface area contributed by atoms with Gasteiger partial charge in [0.05, 0.1) is 17.2 Å². The van der Waals surface area contributed by atoms with E-state index in [1.54, 1.807) is 29.4 Å². The summed E-state index contributed by atoms with van der Waals surface area (Å²) in [5, 5.41) is 0.581. The van der Waals surface area contributed by atoms with E-state index in [0.717, 1.165) is 11.1 Å². The van der Waals surface area contributed by atoms with E-state index in [2.05, 4.69) is 13.8 Å². The van der Waals surface area contributed by atoms with Gasteiger partial charge >= 0.3 is 5.97 Å². The van der Waals surface area contributed by atoms with Crippen LogP contribution in [-0.4, -0.2) is 38.4 Å². The molecule has 1 saturated heterocycles. The second-order valence-electron chi connectivity index (χ2n) is 6.99. The highest BCUT2D eigenvalue weighted by molar-refractivity contribution is 7.89. The second-order valence-corrected chi connectivity index (χ2v) is 9.98. The molecule has 0 spiro atoms. The lowest BCUT2D eigenvalue weighted by atomic mass is 9.94. The Balaban J connectivity index is 2.00. The molecule has 6 nitrogen and oxygen atoms in total. The Morgan fingerprint density at radius 2 is 1.96 bits per heavy atom. The molecule has 3 rings (SSSR count). The van der Waals surface area contributed by atoms with E-state index in [1.807, 2.05) is 0 Å². The van der Waals surface area contributed by atoms with E-state index >= 15 is 0 Å². The van der Waals surface area contributed by atoms with Crippen LogP contribution >= 0.6 is 11.3 Å². The molecule has 26 heavy (non-hydrogen) atoms. The van der Waals surface area contributed by atoms with Crippen molar-refractivity contribution in [3.63, 3.8) is 0 Å². The van der Waals surface area contributed by atoms with Gasteiger partial charge in [-0.15, -0.1) is 11.3 Å². The van der Waals surface area contributed by atoms with Gasteiger partial charge in [-0.1, -0.05) is 13.8 Å². The number of nitrogens with two attached hydrogens (primary N) is 1. The number of rotatable bonds is 4. The predicted molar refractivity (Wildman–Crippen MR) is 104 cm³/mol. The van der Waals surface area contributed by atoms with Crippen molar-refractivity contribution in [2.45, 2.75) is 32.1 Å². The molecule has 1 fully saturated rings. The largest absolute Gasteiger partial charge is 0.462 e. The zero-order chi connectivity index (χ0) is 19.1. The molecule has 0 unspecified atom stereocenters. The van der Waals surface area contributed by atoms with Crippen LogP contribution in [0.5, 0.6) is 0 Å². The van der Waals surface area contributed by atoms with Crippen molar-refractivity contribution in [3.8, 4) is 0 Å². The van der Waals surface area contributed by atoms with E-state index in [4.69, 9.17) is 10.5 Å². The fraction of sp³-hybridized carbons (Fsp3) is 0.500. The topological polar surface area (TPSA) is 89.7 Å². The van der Waals surface area contributed by atoms with Crippen molar-refractivity contribution < 1.29 is 17.9 Å². The highest BCUT2D eigenvalue weighted by atomic mass is 32.2. The zero-order valence-corrected chi connectivity index (χ0v) is 16.8. The summed E-state index contributed by atoms with van der Waals surface area (Å²) in [5.74, 6) is 0.187. The van der Waals surface area contributed by atoms with Crippen molar-refractivity contribution in [3.05, 3.63) is 23.1 Å². The highest BCUT2D eigenvalue weighted by Gasteiger charge is 2.32.